The van der Waals surface area contributed by atoms with Gasteiger partial charge in [0.2, 0.25) is 0 Å². The fraction of sp³-hybridized carbons (Fsp3) is 0.235. The summed E-state index contributed by atoms with van der Waals surface area (Å²) in [6.45, 7) is 4.02. The van der Waals surface area contributed by atoms with E-state index in [2.05, 4.69) is 11.1 Å². The molecule has 5 nitrogen and oxygen atoms in total. The molecular formula is C17H19N2O3P. The quantitative estimate of drug-likeness (QED) is 0.680. The monoisotopic (exact) mass is 330 g/mol. The van der Waals surface area contributed by atoms with Crippen LogP contribution >= 0.6 is 8.53 Å². The van der Waals surface area contributed by atoms with Crippen LogP contribution in [0.15, 0.2) is 30.3 Å². The first-order valence-corrected chi connectivity index (χ1v) is 8.40. The fourth-order valence-corrected chi connectivity index (χ4v) is 3.89. The molecular weight excluding hydrogens is 311 g/mol. The Morgan fingerprint density at radius 3 is 2.48 bits per heavy atom. The van der Waals surface area contributed by atoms with E-state index in [0.717, 1.165) is 28.2 Å². The number of hydrogen-bond acceptors (Lipinski definition) is 3. The lowest BCUT2D eigenvalue weighted by Gasteiger charge is -2.23. The molecule has 0 unspecified atom stereocenters. The number of benzene rings is 1. The molecule has 1 N–H and O–H groups in total. The third-order valence-corrected chi connectivity index (χ3v) is 5.15. The van der Waals surface area contributed by atoms with Crippen LogP contribution in [0.5, 0.6) is 0 Å². The highest BCUT2D eigenvalue weighted by Gasteiger charge is 2.38. The van der Waals surface area contributed by atoms with Gasteiger partial charge in [-0.25, -0.2) is 4.67 Å². The zero-order valence-electron chi connectivity index (χ0n) is 13.6. The van der Waals surface area contributed by atoms with Crippen LogP contribution in [0, 0.1) is 13.8 Å². The van der Waals surface area contributed by atoms with Crippen LogP contribution < -0.4 is 4.67 Å². The van der Waals surface area contributed by atoms with Crippen molar-refractivity contribution < 1.29 is 13.8 Å². The predicted molar refractivity (Wildman–Crippen MR) is 93.0 cm³/mol. The van der Waals surface area contributed by atoms with Crippen LogP contribution in [0.1, 0.15) is 22.5 Å². The van der Waals surface area contributed by atoms with E-state index in [1.165, 1.54) is 0 Å². The van der Waals surface area contributed by atoms with Gasteiger partial charge >= 0.3 is 0 Å². The van der Waals surface area contributed by atoms with E-state index in [4.69, 9.17) is 9.05 Å². The van der Waals surface area contributed by atoms with Gasteiger partial charge < -0.3 is 14.0 Å². The normalized spacial score (nSPS) is 15.8. The lowest BCUT2D eigenvalue weighted by Crippen LogP contribution is -2.21. The standard InChI is InChI=1S/C17H19N2O3P/c1-11-9-12(2)18-15(11)10-14-13-7-5-6-8-16(13)19(17(14)20)23(21-3)22-4/h5-10,18H,1-4H3/b14-10-. The summed E-state index contributed by atoms with van der Waals surface area (Å²) in [7, 11) is 1.64. The molecule has 1 aliphatic rings. The summed E-state index contributed by atoms with van der Waals surface area (Å²) in [5.74, 6) is -0.104. The number of fused-ring (bicyclic) bond motifs is 1. The molecule has 0 fully saturated rings. The summed E-state index contributed by atoms with van der Waals surface area (Å²) < 4.78 is 12.3. The molecule has 2 aromatic rings. The molecule has 23 heavy (non-hydrogen) atoms. The molecule has 1 aromatic heterocycles. The summed E-state index contributed by atoms with van der Waals surface area (Å²) in [4.78, 5) is 16.2. The average Bonchev–Trinajstić information content (AvgIpc) is 3.00. The number of amides is 1. The van der Waals surface area contributed by atoms with Crippen molar-refractivity contribution >= 4 is 31.8 Å². The zero-order valence-corrected chi connectivity index (χ0v) is 14.5. The van der Waals surface area contributed by atoms with Crippen LogP contribution in [-0.2, 0) is 13.8 Å². The van der Waals surface area contributed by atoms with Crippen molar-refractivity contribution in [1.29, 1.82) is 0 Å². The maximum Gasteiger partial charge on any atom is 0.296 e. The molecule has 2 heterocycles. The van der Waals surface area contributed by atoms with Crippen LogP contribution in [-0.4, -0.2) is 25.1 Å². The number of aromatic amines is 1. The Kier molecular flexibility index (Phi) is 4.35. The van der Waals surface area contributed by atoms with E-state index >= 15 is 0 Å². The number of aromatic nitrogens is 1. The first kappa shape index (κ1) is 15.9. The Hall–Kier alpha value is -1.94. The number of hydrogen-bond donors (Lipinski definition) is 1. The minimum absolute atomic E-state index is 0.104. The summed E-state index contributed by atoms with van der Waals surface area (Å²) in [5, 5.41) is 0. The second-order valence-corrected chi connectivity index (χ2v) is 6.95. The average molecular weight is 330 g/mol. The number of H-pyrrole nitrogens is 1. The lowest BCUT2D eigenvalue weighted by atomic mass is 10.1. The zero-order chi connectivity index (χ0) is 16.6. The molecule has 3 rings (SSSR count). The van der Waals surface area contributed by atoms with Gasteiger partial charge in [0.05, 0.1) is 11.3 Å². The minimum atomic E-state index is -1.45. The van der Waals surface area contributed by atoms with Crippen molar-refractivity contribution in [3.05, 3.63) is 52.8 Å². The van der Waals surface area contributed by atoms with E-state index in [9.17, 15) is 4.79 Å². The number of para-hydroxylation sites is 1. The molecule has 1 aromatic carbocycles. The van der Waals surface area contributed by atoms with E-state index < -0.39 is 8.53 Å². The molecule has 0 radical (unpaired) electrons. The molecule has 0 atom stereocenters. The first-order chi connectivity index (χ1) is 11.1. The summed E-state index contributed by atoms with van der Waals surface area (Å²) >= 11 is 0. The Bertz CT molecular complexity index is 778. The molecule has 0 saturated heterocycles. The van der Waals surface area contributed by atoms with Crippen LogP contribution in [0.3, 0.4) is 0 Å². The number of carbonyl (C=O) groups is 1. The van der Waals surface area contributed by atoms with E-state index in [-0.39, 0.29) is 5.91 Å². The number of nitrogens with one attached hydrogen (secondary N) is 1. The maximum absolute atomic E-state index is 12.9. The van der Waals surface area contributed by atoms with Gasteiger partial charge in [-0.2, -0.15) is 0 Å². The molecule has 0 saturated carbocycles. The number of nitrogens with zero attached hydrogens (tertiary/aromatic N) is 1. The predicted octanol–water partition coefficient (Wildman–Crippen LogP) is 4.04. The summed E-state index contributed by atoms with van der Waals surface area (Å²) in [6.07, 6.45) is 1.91. The maximum atomic E-state index is 12.9. The number of aryl methyl sites for hydroxylation is 2. The third-order valence-electron chi connectivity index (χ3n) is 3.80. The molecule has 1 aliphatic heterocycles. The van der Waals surface area contributed by atoms with Crippen LogP contribution in [0.25, 0.3) is 11.6 Å². The van der Waals surface area contributed by atoms with E-state index in [0.29, 0.717) is 5.57 Å². The summed E-state index contributed by atoms with van der Waals surface area (Å²) in [6, 6.07) is 9.76. The third kappa shape index (κ3) is 2.72. The SMILES string of the molecule is COP(OC)N1C(=O)/C(=C\c2[nH]c(C)cc2C)c2ccccc21. The van der Waals surface area contributed by atoms with Crippen molar-refractivity contribution in [2.75, 3.05) is 18.9 Å². The first-order valence-electron chi connectivity index (χ1n) is 7.27. The van der Waals surface area contributed by atoms with Gasteiger partial charge in [0.1, 0.15) is 0 Å². The number of carbonyl (C=O) groups excluding carboxylic acids is 1. The van der Waals surface area contributed by atoms with Crippen molar-refractivity contribution in [3.63, 3.8) is 0 Å². The minimum Gasteiger partial charge on any atom is -0.359 e. The van der Waals surface area contributed by atoms with Gasteiger partial charge in [-0.15, -0.1) is 0 Å². The number of rotatable bonds is 4. The number of anilines is 1. The second kappa shape index (κ2) is 6.28. The van der Waals surface area contributed by atoms with E-state index in [1.807, 2.05) is 44.2 Å². The molecule has 120 valence electrons. The molecule has 0 spiro atoms. The fourth-order valence-electron chi connectivity index (χ4n) is 2.81. The van der Waals surface area contributed by atoms with Gasteiger partial charge in [0.25, 0.3) is 14.4 Å². The summed E-state index contributed by atoms with van der Waals surface area (Å²) in [5.41, 5.74) is 5.49. The van der Waals surface area contributed by atoms with Crippen LogP contribution in [0.2, 0.25) is 0 Å². The highest BCUT2D eigenvalue weighted by atomic mass is 31.2. The van der Waals surface area contributed by atoms with Crippen molar-refractivity contribution in [3.8, 4) is 0 Å². The molecule has 6 heteroatoms. The van der Waals surface area contributed by atoms with Crippen LogP contribution in [0.4, 0.5) is 5.69 Å². The lowest BCUT2D eigenvalue weighted by molar-refractivity contribution is -0.112. The molecule has 0 aliphatic carbocycles. The van der Waals surface area contributed by atoms with Gasteiger partial charge in [-0.05, 0) is 37.6 Å². The Morgan fingerprint density at radius 1 is 1.17 bits per heavy atom. The molecule has 1 amide bonds. The van der Waals surface area contributed by atoms with Gasteiger partial charge in [-0.1, -0.05) is 18.2 Å². The molecule has 0 bridgehead atoms. The van der Waals surface area contributed by atoms with Gasteiger partial charge in [0.15, 0.2) is 0 Å². The Morgan fingerprint density at radius 2 is 1.87 bits per heavy atom. The highest BCUT2D eigenvalue weighted by Crippen LogP contribution is 2.52. The topological polar surface area (TPSA) is 54.6 Å². The smallest absolute Gasteiger partial charge is 0.296 e. The highest BCUT2D eigenvalue weighted by molar-refractivity contribution is 7.50. The largest absolute Gasteiger partial charge is 0.359 e. The Balaban J connectivity index is 2.12. The Labute approximate surface area is 136 Å². The van der Waals surface area contributed by atoms with Crippen molar-refractivity contribution in [2.45, 2.75) is 13.8 Å². The van der Waals surface area contributed by atoms with Gasteiger partial charge in [-0.3, -0.25) is 4.79 Å². The second-order valence-electron chi connectivity index (χ2n) is 5.34. The van der Waals surface area contributed by atoms with Crippen molar-refractivity contribution in [1.82, 2.24) is 4.98 Å². The van der Waals surface area contributed by atoms with E-state index in [1.54, 1.807) is 18.9 Å². The van der Waals surface area contributed by atoms with Gasteiger partial charge in [0, 0.05) is 31.2 Å². The van der Waals surface area contributed by atoms with Crippen molar-refractivity contribution in [2.24, 2.45) is 0 Å².